The molecule has 2 aromatic heterocycles. The van der Waals surface area contributed by atoms with Gasteiger partial charge < -0.3 is 10.1 Å². The molecule has 31 heavy (non-hydrogen) atoms. The maximum Gasteiger partial charge on any atom is 0.338 e. The van der Waals surface area contributed by atoms with Crippen LogP contribution in [0, 0.1) is 5.92 Å². The normalized spacial score (nSPS) is 15.5. The molecule has 1 amide bonds. The fourth-order valence-corrected chi connectivity index (χ4v) is 5.05. The van der Waals surface area contributed by atoms with Gasteiger partial charge in [0.25, 0.3) is 5.56 Å². The quantitative estimate of drug-likeness (QED) is 0.591. The van der Waals surface area contributed by atoms with Gasteiger partial charge in [-0.3, -0.25) is 9.59 Å². The molecule has 0 aliphatic heterocycles. The first-order valence-electron chi connectivity index (χ1n) is 10.4. The van der Waals surface area contributed by atoms with Crippen molar-refractivity contribution in [3.05, 3.63) is 50.6 Å². The molecule has 0 radical (unpaired) electrons. The summed E-state index contributed by atoms with van der Waals surface area (Å²) < 4.78 is 6.22. The number of aryl methyl sites for hydroxylation is 1. The highest BCUT2D eigenvalue weighted by molar-refractivity contribution is 7.18. The smallest absolute Gasteiger partial charge is 0.338 e. The predicted octanol–water partition coefficient (Wildman–Crippen LogP) is 3.18. The lowest BCUT2D eigenvalue weighted by molar-refractivity contribution is -0.117. The van der Waals surface area contributed by atoms with E-state index in [1.807, 2.05) is 6.92 Å². The Balaban J connectivity index is 1.51. The highest BCUT2D eigenvalue weighted by Crippen LogP contribution is 2.35. The summed E-state index contributed by atoms with van der Waals surface area (Å²) in [7, 11) is 0. The van der Waals surface area contributed by atoms with Gasteiger partial charge >= 0.3 is 5.97 Å². The van der Waals surface area contributed by atoms with Crippen molar-refractivity contribution in [3.63, 3.8) is 0 Å². The average Bonchev–Trinajstić information content (AvgIpc) is 3.12. The van der Waals surface area contributed by atoms with Crippen molar-refractivity contribution in [1.29, 1.82) is 0 Å². The Morgan fingerprint density at radius 3 is 3.00 bits per heavy atom. The number of thiophene rings is 1. The molecule has 162 valence electrons. The summed E-state index contributed by atoms with van der Waals surface area (Å²) in [5, 5.41) is 11.4. The molecule has 9 heteroatoms. The maximum absolute atomic E-state index is 13.0. The molecule has 1 aliphatic rings. The molecule has 1 N–H and O–H groups in total. The number of carbonyl (C=O) groups is 2. The first kappa shape index (κ1) is 21.2. The number of fused-ring (bicyclic) bond motifs is 3. The van der Waals surface area contributed by atoms with Gasteiger partial charge in [-0.1, -0.05) is 25.1 Å². The van der Waals surface area contributed by atoms with Gasteiger partial charge in [-0.15, -0.1) is 16.4 Å². The van der Waals surface area contributed by atoms with Gasteiger partial charge in [0.05, 0.1) is 17.6 Å². The monoisotopic (exact) mass is 440 g/mol. The molecule has 8 nitrogen and oxygen atoms in total. The third-order valence-corrected chi connectivity index (χ3v) is 6.44. The van der Waals surface area contributed by atoms with Gasteiger partial charge in [-0.25, -0.2) is 9.48 Å². The molecule has 0 fully saturated rings. The number of benzene rings is 1. The first-order chi connectivity index (χ1) is 15.0. The van der Waals surface area contributed by atoms with Crippen LogP contribution in [0.15, 0.2) is 29.1 Å². The van der Waals surface area contributed by atoms with E-state index in [4.69, 9.17) is 4.74 Å². The van der Waals surface area contributed by atoms with Gasteiger partial charge in [-0.2, -0.15) is 0 Å². The van der Waals surface area contributed by atoms with Crippen molar-refractivity contribution in [3.8, 4) is 0 Å². The molecule has 0 bridgehead atoms. The van der Waals surface area contributed by atoms with Gasteiger partial charge in [0, 0.05) is 10.6 Å². The molecule has 2 heterocycles. The number of esters is 1. The second-order valence-corrected chi connectivity index (χ2v) is 8.93. The van der Waals surface area contributed by atoms with E-state index >= 15 is 0 Å². The molecular weight excluding hydrogens is 416 g/mol. The molecule has 3 aromatic rings. The van der Waals surface area contributed by atoms with Crippen molar-refractivity contribution in [2.24, 2.45) is 5.92 Å². The van der Waals surface area contributed by atoms with E-state index in [2.05, 4.69) is 22.6 Å². The number of hydrogen-bond donors (Lipinski definition) is 1. The number of amides is 1. The molecule has 4 rings (SSSR count). The Bertz CT molecular complexity index is 1200. The van der Waals surface area contributed by atoms with E-state index in [-0.39, 0.29) is 12.1 Å². The van der Waals surface area contributed by atoms with Crippen LogP contribution in [0.1, 0.15) is 47.5 Å². The minimum atomic E-state index is -0.443. The van der Waals surface area contributed by atoms with E-state index in [9.17, 15) is 14.4 Å². The van der Waals surface area contributed by atoms with Gasteiger partial charge in [0.2, 0.25) is 5.91 Å². The van der Waals surface area contributed by atoms with Crippen LogP contribution in [-0.2, 0) is 28.9 Å². The van der Waals surface area contributed by atoms with Crippen LogP contribution in [0.25, 0.3) is 10.2 Å². The summed E-state index contributed by atoms with van der Waals surface area (Å²) in [6.45, 7) is 4.21. The molecule has 0 saturated heterocycles. The average molecular weight is 441 g/mol. The summed E-state index contributed by atoms with van der Waals surface area (Å²) in [6.07, 6.45) is 3.57. The molecule has 1 unspecified atom stereocenters. The minimum absolute atomic E-state index is 0.257. The van der Waals surface area contributed by atoms with Crippen LogP contribution >= 0.6 is 11.3 Å². The van der Waals surface area contributed by atoms with Gasteiger partial charge in [0.1, 0.15) is 6.54 Å². The minimum Gasteiger partial charge on any atom is -0.462 e. The summed E-state index contributed by atoms with van der Waals surface area (Å²) in [4.78, 5) is 39.4. The van der Waals surface area contributed by atoms with Crippen LogP contribution in [-0.4, -0.2) is 33.5 Å². The lowest BCUT2D eigenvalue weighted by Crippen LogP contribution is -2.30. The number of anilines is 1. The van der Waals surface area contributed by atoms with E-state index < -0.39 is 11.9 Å². The zero-order chi connectivity index (χ0) is 22.0. The third-order valence-electron chi connectivity index (χ3n) is 5.30. The molecule has 1 aliphatic carbocycles. The standard InChI is InChI=1S/C22H24N4O4S/c1-3-9-30-22(29)14-5-4-6-15(11-14)23-18(27)12-26-21(28)19-16-8-7-13(2)10-17(16)31-20(19)24-25-26/h4-6,11,13H,3,7-10,12H2,1-2H3,(H,23,27). The number of nitrogens with one attached hydrogen (secondary N) is 1. The van der Waals surface area contributed by atoms with Crippen molar-refractivity contribution in [2.45, 2.75) is 46.1 Å². The summed E-state index contributed by atoms with van der Waals surface area (Å²) in [6, 6.07) is 6.50. The first-order valence-corrected chi connectivity index (χ1v) is 11.2. The second kappa shape index (κ2) is 8.97. The topological polar surface area (TPSA) is 103 Å². The van der Waals surface area contributed by atoms with E-state index in [0.29, 0.717) is 34.0 Å². The van der Waals surface area contributed by atoms with Crippen molar-refractivity contribution < 1.29 is 14.3 Å². The van der Waals surface area contributed by atoms with E-state index in [1.165, 1.54) is 16.2 Å². The molecule has 0 saturated carbocycles. The summed E-state index contributed by atoms with van der Waals surface area (Å²) in [5.74, 6) is -0.272. The number of rotatable bonds is 6. The highest BCUT2D eigenvalue weighted by atomic mass is 32.1. The molecule has 0 spiro atoms. The van der Waals surface area contributed by atoms with Crippen LogP contribution in [0.3, 0.4) is 0 Å². The predicted molar refractivity (Wildman–Crippen MR) is 119 cm³/mol. The van der Waals surface area contributed by atoms with E-state index in [1.54, 1.807) is 24.3 Å². The van der Waals surface area contributed by atoms with Crippen LogP contribution in [0.2, 0.25) is 0 Å². The molecule has 1 atom stereocenters. The molecular formula is C22H24N4O4S. The second-order valence-electron chi connectivity index (χ2n) is 7.85. The third kappa shape index (κ3) is 4.51. The van der Waals surface area contributed by atoms with Gasteiger partial charge in [-0.05, 0) is 55.4 Å². The summed E-state index contributed by atoms with van der Waals surface area (Å²) in [5.41, 5.74) is 1.57. The zero-order valence-electron chi connectivity index (χ0n) is 17.5. The Hall–Kier alpha value is -3.07. The van der Waals surface area contributed by atoms with Crippen molar-refractivity contribution >= 4 is 39.1 Å². The number of ether oxygens (including phenoxy) is 1. The Labute approximate surface area is 183 Å². The Morgan fingerprint density at radius 1 is 1.35 bits per heavy atom. The SMILES string of the molecule is CCCOC(=O)c1cccc(NC(=O)Cn2nnc3sc4c(c3c2=O)CCC(C)C4)c1. The van der Waals surface area contributed by atoms with Gasteiger partial charge in [0.15, 0.2) is 4.83 Å². The number of aromatic nitrogens is 3. The fourth-order valence-electron chi connectivity index (χ4n) is 3.73. The number of carbonyl (C=O) groups excluding carboxylic acids is 2. The van der Waals surface area contributed by atoms with Crippen molar-refractivity contribution in [1.82, 2.24) is 15.0 Å². The maximum atomic E-state index is 13.0. The Morgan fingerprint density at radius 2 is 2.19 bits per heavy atom. The number of nitrogens with zero attached hydrogens (tertiary/aromatic N) is 3. The number of hydrogen-bond acceptors (Lipinski definition) is 7. The largest absolute Gasteiger partial charge is 0.462 e. The fraction of sp³-hybridized carbons (Fsp3) is 0.409. The van der Waals surface area contributed by atoms with Crippen LogP contribution < -0.4 is 10.9 Å². The lowest BCUT2D eigenvalue weighted by Gasteiger charge is -2.17. The van der Waals surface area contributed by atoms with Crippen molar-refractivity contribution in [2.75, 3.05) is 11.9 Å². The zero-order valence-corrected chi connectivity index (χ0v) is 18.3. The summed E-state index contributed by atoms with van der Waals surface area (Å²) >= 11 is 1.53. The lowest BCUT2D eigenvalue weighted by atomic mass is 9.89. The Kier molecular flexibility index (Phi) is 6.13. The molecule has 1 aromatic carbocycles. The van der Waals surface area contributed by atoms with Crippen LogP contribution in [0.4, 0.5) is 5.69 Å². The highest BCUT2D eigenvalue weighted by Gasteiger charge is 2.24. The van der Waals surface area contributed by atoms with Crippen LogP contribution in [0.5, 0.6) is 0 Å². The van der Waals surface area contributed by atoms with E-state index in [0.717, 1.165) is 35.9 Å².